The highest BCUT2D eigenvalue weighted by Crippen LogP contribution is 2.27. The fourth-order valence-corrected chi connectivity index (χ4v) is 2.22. The van der Waals surface area contributed by atoms with E-state index in [0.717, 1.165) is 25.9 Å². The summed E-state index contributed by atoms with van der Waals surface area (Å²) < 4.78 is 0. The number of rotatable bonds is 4. The number of hydrogen-bond donors (Lipinski definition) is 1. The fourth-order valence-electron chi connectivity index (χ4n) is 2.22. The van der Waals surface area contributed by atoms with Crippen molar-refractivity contribution in [3.8, 4) is 0 Å². The van der Waals surface area contributed by atoms with Crippen LogP contribution in [-0.4, -0.2) is 34.7 Å². The van der Waals surface area contributed by atoms with Crippen molar-refractivity contribution in [2.45, 2.75) is 64.5 Å². The van der Waals surface area contributed by atoms with Gasteiger partial charge in [-0.05, 0) is 39.7 Å². The highest BCUT2D eigenvalue weighted by Gasteiger charge is 2.32. The molecule has 1 fully saturated rings. The van der Waals surface area contributed by atoms with Crippen LogP contribution in [0.3, 0.4) is 0 Å². The zero-order valence-electron chi connectivity index (χ0n) is 9.92. The topological polar surface area (TPSA) is 23.5 Å². The summed E-state index contributed by atoms with van der Waals surface area (Å²) in [5, 5.41) is 9.63. The molecule has 0 aromatic rings. The van der Waals surface area contributed by atoms with Gasteiger partial charge < -0.3 is 5.11 Å². The average Bonchev–Trinajstić information content (AvgIpc) is 2.12. The van der Waals surface area contributed by atoms with E-state index in [0.29, 0.717) is 5.54 Å². The van der Waals surface area contributed by atoms with Crippen LogP contribution in [0.1, 0.15) is 52.9 Å². The molecule has 14 heavy (non-hydrogen) atoms. The molecule has 1 N–H and O–H groups in total. The lowest BCUT2D eigenvalue weighted by Crippen LogP contribution is -2.52. The van der Waals surface area contributed by atoms with E-state index in [2.05, 4.69) is 25.7 Å². The third-order valence-corrected chi connectivity index (χ3v) is 3.41. The summed E-state index contributed by atoms with van der Waals surface area (Å²) in [6, 6.07) is 0. The van der Waals surface area contributed by atoms with Crippen LogP contribution in [0.15, 0.2) is 0 Å². The van der Waals surface area contributed by atoms with Gasteiger partial charge in [0.15, 0.2) is 0 Å². The summed E-state index contributed by atoms with van der Waals surface area (Å²) in [6.45, 7) is 8.85. The molecule has 1 aliphatic heterocycles. The maximum Gasteiger partial charge on any atom is 0.0668 e. The molecule has 0 bridgehead atoms. The van der Waals surface area contributed by atoms with E-state index in [1.165, 1.54) is 19.3 Å². The van der Waals surface area contributed by atoms with Crippen LogP contribution in [0.4, 0.5) is 0 Å². The van der Waals surface area contributed by atoms with Gasteiger partial charge >= 0.3 is 0 Å². The highest BCUT2D eigenvalue weighted by atomic mass is 16.3. The first kappa shape index (κ1) is 12.0. The first-order valence-electron chi connectivity index (χ1n) is 5.99. The number of aliphatic hydroxyl groups is 1. The Morgan fingerprint density at radius 1 is 1.36 bits per heavy atom. The number of nitrogens with zero attached hydrogens (tertiary/aromatic N) is 1. The number of unbranched alkanes of at least 4 members (excludes halogenated alkanes) is 2. The van der Waals surface area contributed by atoms with Crippen LogP contribution in [0.2, 0.25) is 0 Å². The molecule has 1 aliphatic rings. The zero-order chi connectivity index (χ0) is 10.6. The summed E-state index contributed by atoms with van der Waals surface area (Å²) in [5.41, 5.74) is 0.299. The Morgan fingerprint density at radius 3 is 2.71 bits per heavy atom. The summed E-state index contributed by atoms with van der Waals surface area (Å²) in [4.78, 5) is 2.46. The summed E-state index contributed by atoms with van der Waals surface area (Å²) in [5.74, 6) is 0. The molecule has 2 heteroatoms. The van der Waals surface area contributed by atoms with Gasteiger partial charge in [0.2, 0.25) is 0 Å². The van der Waals surface area contributed by atoms with Gasteiger partial charge in [-0.1, -0.05) is 19.8 Å². The van der Waals surface area contributed by atoms with Crippen LogP contribution in [-0.2, 0) is 0 Å². The molecule has 1 rings (SSSR count). The Balaban J connectivity index is 2.38. The Bertz CT molecular complexity index is 168. The van der Waals surface area contributed by atoms with Crippen molar-refractivity contribution in [1.82, 2.24) is 4.90 Å². The van der Waals surface area contributed by atoms with Crippen molar-refractivity contribution in [2.24, 2.45) is 0 Å². The second kappa shape index (κ2) is 5.13. The Morgan fingerprint density at radius 2 is 2.07 bits per heavy atom. The van der Waals surface area contributed by atoms with Crippen molar-refractivity contribution in [3.63, 3.8) is 0 Å². The largest absolute Gasteiger partial charge is 0.392 e. The average molecular weight is 199 g/mol. The van der Waals surface area contributed by atoms with E-state index < -0.39 is 0 Å². The first-order chi connectivity index (χ1) is 6.56. The Labute approximate surface area is 88.3 Å². The molecule has 1 atom stereocenters. The van der Waals surface area contributed by atoms with Crippen LogP contribution >= 0.6 is 0 Å². The van der Waals surface area contributed by atoms with Crippen molar-refractivity contribution in [1.29, 1.82) is 0 Å². The minimum absolute atomic E-state index is 0.0929. The maximum absolute atomic E-state index is 9.63. The SMILES string of the molecule is CCCCCN1CC(O)CCC1(C)C. The lowest BCUT2D eigenvalue weighted by Gasteiger charge is -2.44. The second-order valence-electron chi connectivity index (χ2n) is 5.16. The normalized spacial score (nSPS) is 27.9. The second-order valence-corrected chi connectivity index (χ2v) is 5.16. The van der Waals surface area contributed by atoms with E-state index >= 15 is 0 Å². The van der Waals surface area contributed by atoms with Gasteiger partial charge in [-0.25, -0.2) is 0 Å². The van der Waals surface area contributed by atoms with Crippen LogP contribution in [0.5, 0.6) is 0 Å². The number of β-amino-alcohol motifs (C(OH)–C–C–N with tert-alkyl or cyclic N) is 1. The highest BCUT2D eigenvalue weighted by molar-refractivity contribution is 4.88. The first-order valence-corrected chi connectivity index (χ1v) is 5.99. The van der Waals surface area contributed by atoms with Crippen molar-refractivity contribution in [2.75, 3.05) is 13.1 Å². The standard InChI is InChI=1S/C12H25NO/c1-4-5-6-9-13-10-11(14)7-8-12(13,2)3/h11,14H,4-10H2,1-3H3. The summed E-state index contributed by atoms with van der Waals surface area (Å²) in [6.07, 6.45) is 5.86. The maximum atomic E-state index is 9.63. The predicted octanol–water partition coefficient (Wildman–Crippen LogP) is 2.41. The van der Waals surface area contributed by atoms with Gasteiger partial charge in [-0.3, -0.25) is 4.90 Å². The third-order valence-electron chi connectivity index (χ3n) is 3.41. The number of aliphatic hydroxyl groups excluding tert-OH is 1. The van der Waals surface area contributed by atoms with Gasteiger partial charge in [-0.2, -0.15) is 0 Å². The van der Waals surface area contributed by atoms with E-state index in [9.17, 15) is 5.11 Å². The van der Waals surface area contributed by atoms with E-state index in [1.807, 2.05) is 0 Å². The Kier molecular flexibility index (Phi) is 4.39. The van der Waals surface area contributed by atoms with Crippen molar-refractivity contribution in [3.05, 3.63) is 0 Å². The van der Waals surface area contributed by atoms with E-state index in [4.69, 9.17) is 0 Å². The van der Waals surface area contributed by atoms with Crippen LogP contribution in [0.25, 0.3) is 0 Å². The number of hydrogen-bond acceptors (Lipinski definition) is 2. The monoisotopic (exact) mass is 199 g/mol. The van der Waals surface area contributed by atoms with E-state index in [-0.39, 0.29) is 6.10 Å². The summed E-state index contributed by atoms with van der Waals surface area (Å²) >= 11 is 0. The van der Waals surface area contributed by atoms with E-state index in [1.54, 1.807) is 0 Å². The summed E-state index contributed by atoms with van der Waals surface area (Å²) in [7, 11) is 0. The minimum Gasteiger partial charge on any atom is -0.392 e. The number of piperidine rings is 1. The molecule has 0 aromatic carbocycles. The molecule has 2 nitrogen and oxygen atoms in total. The molecule has 1 heterocycles. The van der Waals surface area contributed by atoms with Crippen LogP contribution in [0, 0.1) is 0 Å². The molecule has 1 saturated heterocycles. The molecule has 0 saturated carbocycles. The molecular formula is C12H25NO. The van der Waals surface area contributed by atoms with Gasteiger partial charge in [0, 0.05) is 12.1 Å². The van der Waals surface area contributed by atoms with Crippen molar-refractivity contribution >= 4 is 0 Å². The van der Waals surface area contributed by atoms with Crippen molar-refractivity contribution < 1.29 is 5.11 Å². The lowest BCUT2D eigenvalue weighted by molar-refractivity contribution is -0.00506. The molecule has 84 valence electrons. The molecule has 0 aliphatic carbocycles. The van der Waals surface area contributed by atoms with Gasteiger partial charge in [0.1, 0.15) is 0 Å². The lowest BCUT2D eigenvalue weighted by atomic mass is 9.89. The molecule has 1 unspecified atom stereocenters. The molecule has 0 amide bonds. The number of likely N-dealkylation sites (tertiary alicyclic amines) is 1. The Hall–Kier alpha value is -0.0800. The fraction of sp³-hybridized carbons (Fsp3) is 1.00. The smallest absolute Gasteiger partial charge is 0.0668 e. The predicted molar refractivity (Wildman–Crippen MR) is 60.4 cm³/mol. The van der Waals surface area contributed by atoms with Crippen LogP contribution < -0.4 is 0 Å². The van der Waals surface area contributed by atoms with Gasteiger partial charge in [0.25, 0.3) is 0 Å². The quantitative estimate of drug-likeness (QED) is 0.703. The third kappa shape index (κ3) is 3.25. The zero-order valence-corrected chi connectivity index (χ0v) is 9.92. The molecular weight excluding hydrogens is 174 g/mol. The minimum atomic E-state index is -0.0929. The van der Waals surface area contributed by atoms with Gasteiger partial charge in [0.05, 0.1) is 6.10 Å². The molecule has 0 spiro atoms. The molecule has 0 radical (unpaired) electrons. The molecule has 0 aromatic heterocycles. The van der Waals surface area contributed by atoms with Gasteiger partial charge in [-0.15, -0.1) is 0 Å².